The molecule has 0 heterocycles. The minimum Gasteiger partial charge on any atom is -0.351 e. The predicted octanol–water partition coefficient (Wildman–Crippen LogP) is 6.04. The largest absolute Gasteiger partial charge is 0.351 e. The van der Waals surface area contributed by atoms with Gasteiger partial charge in [-0.2, -0.15) is 0 Å². The Morgan fingerprint density at radius 1 is 1.06 bits per heavy atom. The number of hydrogen-bond donors (Lipinski definition) is 1. The van der Waals surface area contributed by atoms with Crippen LogP contribution in [0, 0.1) is 5.92 Å². The Kier molecular flexibility index (Phi) is 9.27. The van der Waals surface area contributed by atoms with E-state index in [0.29, 0.717) is 34.5 Å². The van der Waals surface area contributed by atoms with Crippen LogP contribution in [0.15, 0.2) is 48.5 Å². The first-order valence-corrected chi connectivity index (χ1v) is 12.3. The van der Waals surface area contributed by atoms with Gasteiger partial charge in [0.1, 0.15) is 11.9 Å². The Labute approximate surface area is 205 Å². The van der Waals surface area contributed by atoms with Gasteiger partial charge in [-0.1, -0.05) is 73.3 Å². The van der Waals surface area contributed by atoms with Gasteiger partial charge in [-0.3, -0.25) is 9.59 Å². The Bertz CT molecular complexity index is 920. The van der Waals surface area contributed by atoms with Crippen molar-refractivity contribution in [1.29, 1.82) is 0 Å². The minimum absolute atomic E-state index is 0.0996. The molecule has 1 aliphatic carbocycles. The second-order valence-corrected chi connectivity index (χ2v) is 9.50. The molecule has 1 saturated carbocycles. The van der Waals surface area contributed by atoms with Gasteiger partial charge in [0.25, 0.3) is 0 Å². The summed E-state index contributed by atoms with van der Waals surface area (Å²) in [5.41, 5.74) is 1.62. The van der Waals surface area contributed by atoms with Gasteiger partial charge >= 0.3 is 0 Å². The number of carbonyl (C=O) groups is 2. The molecule has 0 aliphatic heterocycles. The van der Waals surface area contributed by atoms with Crippen LogP contribution in [0.25, 0.3) is 0 Å². The molecule has 3 rings (SSSR count). The Balaban J connectivity index is 1.89. The summed E-state index contributed by atoms with van der Waals surface area (Å²) in [6.45, 7) is 2.48. The molecule has 7 heteroatoms. The number of alkyl halides is 1. The molecule has 1 N–H and O–H groups in total. The number of nitrogens with zero attached hydrogens (tertiary/aromatic N) is 1. The summed E-state index contributed by atoms with van der Waals surface area (Å²) >= 11 is 18.4. The van der Waals surface area contributed by atoms with Crippen molar-refractivity contribution in [2.24, 2.45) is 5.92 Å². The maximum Gasteiger partial charge on any atom is 0.247 e. The van der Waals surface area contributed by atoms with E-state index >= 15 is 0 Å². The zero-order chi connectivity index (χ0) is 23.1. The number of rotatable bonds is 8. The maximum absolute atomic E-state index is 13.6. The third kappa shape index (κ3) is 6.40. The van der Waals surface area contributed by atoms with Crippen LogP contribution in [0.5, 0.6) is 0 Å². The van der Waals surface area contributed by atoms with E-state index in [1.807, 2.05) is 24.3 Å². The van der Waals surface area contributed by atoms with E-state index in [1.54, 1.807) is 29.2 Å². The van der Waals surface area contributed by atoms with Crippen molar-refractivity contribution in [3.05, 3.63) is 69.7 Å². The molecule has 0 spiro atoms. The molecular weight excluding hydrogens is 467 g/mol. The average molecular weight is 496 g/mol. The number of benzene rings is 2. The smallest absolute Gasteiger partial charge is 0.247 e. The molecule has 0 saturated heterocycles. The molecule has 2 aromatic carbocycles. The number of nitrogens with one attached hydrogen (secondary N) is 1. The molecule has 3 atom stereocenters. The van der Waals surface area contributed by atoms with Crippen molar-refractivity contribution in [2.75, 3.05) is 12.4 Å². The van der Waals surface area contributed by atoms with Crippen LogP contribution in [0.1, 0.15) is 49.8 Å². The first kappa shape index (κ1) is 24.9. The Morgan fingerprint density at radius 3 is 2.41 bits per heavy atom. The quantitative estimate of drug-likeness (QED) is 0.454. The SMILES string of the molecule is C[C@@H]1CCCC[C@@H]1NC(=O)[C@H](c1ccc(Cl)cc1)N(CCc1ccccc1Cl)C(=O)CCl. The highest BCUT2D eigenvalue weighted by Crippen LogP contribution is 2.28. The highest BCUT2D eigenvalue weighted by Gasteiger charge is 2.33. The lowest BCUT2D eigenvalue weighted by Gasteiger charge is -2.35. The molecule has 2 amide bonds. The lowest BCUT2D eigenvalue weighted by molar-refractivity contribution is -0.139. The third-order valence-corrected chi connectivity index (χ3v) is 7.05. The van der Waals surface area contributed by atoms with E-state index in [9.17, 15) is 9.59 Å². The van der Waals surface area contributed by atoms with Crippen LogP contribution in [-0.4, -0.2) is 35.2 Å². The maximum atomic E-state index is 13.6. The fourth-order valence-electron chi connectivity index (χ4n) is 4.33. The molecular formula is C25H29Cl3N2O2. The minimum atomic E-state index is -0.796. The summed E-state index contributed by atoms with van der Waals surface area (Å²) in [6, 6.07) is 13.9. The number of halogens is 3. The van der Waals surface area contributed by atoms with Crippen LogP contribution < -0.4 is 5.32 Å². The molecule has 1 fully saturated rings. The second-order valence-electron chi connectivity index (χ2n) is 8.39. The fraction of sp³-hybridized carbons (Fsp3) is 0.440. The summed E-state index contributed by atoms with van der Waals surface area (Å²) < 4.78 is 0. The van der Waals surface area contributed by atoms with Gasteiger partial charge in [0.15, 0.2) is 0 Å². The van der Waals surface area contributed by atoms with Crippen LogP contribution in [0.3, 0.4) is 0 Å². The van der Waals surface area contributed by atoms with Crippen molar-refractivity contribution in [3.63, 3.8) is 0 Å². The predicted molar refractivity (Wildman–Crippen MR) is 131 cm³/mol. The molecule has 0 radical (unpaired) electrons. The molecule has 172 valence electrons. The summed E-state index contributed by atoms with van der Waals surface area (Å²) in [6.07, 6.45) is 4.83. The topological polar surface area (TPSA) is 49.4 Å². The van der Waals surface area contributed by atoms with E-state index in [-0.39, 0.29) is 23.7 Å². The summed E-state index contributed by atoms with van der Waals surface area (Å²) in [5.74, 6) is -0.298. The van der Waals surface area contributed by atoms with Crippen LogP contribution in [0.2, 0.25) is 10.0 Å². The summed E-state index contributed by atoms with van der Waals surface area (Å²) in [4.78, 5) is 28.0. The highest BCUT2D eigenvalue weighted by atomic mass is 35.5. The third-order valence-electron chi connectivity index (χ3n) is 6.20. The van der Waals surface area contributed by atoms with Crippen LogP contribution in [0.4, 0.5) is 0 Å². The van der Waals surface area contributed by atoms with Crippen molar-refractivity contribution in [2.45, 2.75) is 51.1 Å². The van der Waals surface area contributed by atoms with E-state index in [2.05, 4.69) is 12.2 Å². The first-order valence-electron chi connectivity index (χ1n) is 11.1. The van der Waals surface area contributed by atoms with Gasteiger partial charge in [0.05, 0.1) is 0 Å². The van der Waals surface area contributed by atoms with Crippen molar-refractivity contribution >= 4 is 46.6 Å². The van der Waals surface area contributed by atoms with Gasteiger partial charge < -0.3 is 10.2 Å². The molecule has 0 aromatic heterocycles. The molecule has 32 heavy (non-hydrogen) atoms. The van der Waals surface area contributed by atoms with Gasteiger partial charge in [0.2, 0.25) is 11.8 Å². The van der Waals surface area contributed by atoms with Crippen molar-refractivity contribution < 1.29 is 9.59 Å². The van der Waals surface area contributed by atoms with Crippen LogP contribution >= 0.6 is 34.8 Å². The first-order chi connectivity index (χ1) is 15.4. The number of carbonyl (C=O) groups excluding carboxylic acids is 2. The van der Waals surface area contributed by atoms with Gasteiger partial charge in [-0.15, -0.1) is 11.6 Å². The summed E-state index contributed by atoms with van der Waals surface area (Å²) in [7, 11) is 0. The molecule has 1 aliphatic rings. The average Bonchev–Trinajstić information content (AvgIpc) is 2.79. The number of hydrogen-bond acceptors (Lipinski definition) is 2. The normalized spacial score (nSPS) is 19.2. The lowest BCUT2D eigenvalue weighted by atomic mass is 9.85. The van der Waals surface area contributed by atoms with E-state index in [0.717, 1.165) is 24.8 Å². The molecule has 2 aromatic rings. The zero-order valence-corrected chi connectivity index (χ0v) is 20.5. The summed E-state index contributed by atoms with van der Waals surface area (Å²) in [5, 5.41) is 4.42. The fourth-order valence-corrected chi connectivity index (χ4v) is 4.84. The van der Waals surface area contributed by atoms with Gasteiger partial charge in [-0.05, 0) is 54.5 Å². The zero-order valence-electron chi connectivity index (χ0n) is 18.2. The van der Waals surface area contributed by atoms with Crippen LogP contribution in [-0.2, 0) is 16.0 Å². The highest BCUT2D eigenvalue weighted by molar-refractivity contribution is 6.31. The van der Waals surface area contributed by atoms with Gasteiger partial charge in [-0.25, -0.2) is 0 Å². The molecule has 0 unspecified atom stereocenters. The van der Waals surface area contributed by atoms with E-state index < -0.39 is 6.04 Å². The monoisotopic (exact) mass is 494 g/mol. The second kappa shape index (κ2) is 11.9. The van der Waals surface area contributed by atoms with E-state index in [4.69, 9.17) is 34.8 Å². The van der Waals surface area contributed by atoms with Crippen molar-refractivity contribution in [3.8, 4) is 0 Å². The lowest BCUT2D eigenvalue weighted by Crippen LogP contribution is -2.49. The Morgan fingerprint density at radius 2 is 1.75 bits per heavy atom. The molecule has 0 bridgehead atoms. The standard InChI is InChI=1S/C25H29Cl3N2O2/c1-17-6-2-5-9-22(17)29-25(32)24(19-10-12-20(27)13-11-19)30(23(31)16-26)15-14-18-7-3-4-8-21(18)28/h3-4,7-8,10-13,17,22,24H,2,5-6,9,14-16H2,1H3,(H,29,32)/t17-,22+,24+/m1/s1. The molecule has 4 nitrogen and oxygen atoms in total. The van der Waals surface area contributed by atoms with Crippen molar-refractivity contribution in [1.82, 2.24) is 10.2 Å². The van der Waals surface area contributed by atoms with E-state index in [1.165, 1.54) is 6.42 Å². The Hall–Kier alpha value is -1.75. The number of amides is 2. The van der Waals surface area contributed by atoms with Gasteiger partial charge in [0, 0.05) is 22.6 Å².